The Kier molecular flexibility index (Phi) is 3.16. The molecule has 0 radical (unpaired) electrons. The number of nitrogens with one attached hydrogen (secondary N) is 1. The summed E-state index contributed by atoms with van der Waals surface area (Å²) >= 11 is 3.17. The predicted octanol–water partition coefficient (Wildman–Crippen LogP) is 2.70. The minimum atomic E-state index is -0.196. The zero-order chi connectivity index (χ0) is 13.2. The van der Waals surface area contributed by atoms with Crippen LogP contribution in [0.25, 0.3) is 0 Å². The van der Waals surface area contributed by atoms with Crippen LogP contribution in [0, 0.1) is 0 Å². The molecule has 1 aliphatic heterocycles. The lowest BCUT2D eigenvalue weighted by atomic mass is 10.2. The molecule has 0 saturated heterocycles. The summed E-state index contributed by atoms with van der Waals surface area (Å²) in [5, 5.41) is 2.81. The summed E-state index contributed by atoms with van der Waals surface area (Å²) in [6, 6.07) is 7.18. The maximum absolute atomic E-state index is 11.9. The third-order valence-electron chi connectivity index (χ3n) is 2.75. The number of carbonyl (C=O) groups excluding carboxylic acids is 1. The maximum atomic E-state index is 11.9. The second-order valence-corrected chi connectivity index (χ2v) is 4.70. The van der Waals surface area contributed by atoms with Crippen molar-refractivity contribution in [2.75, 3.05) is 6.79 Å². The summed E-state index contributed by atoms with van der Waals surface area (Å²) in [6.45, 7) is 0.653. The highest BCUT2D eigenvalue weighted by Crippen LogP contribution is 2.32. The number of halogens is 1. The van der Waals surface area contributed by atoms with Gasteiger partial charge in [0.25, 0.3) is 5.91 Å². The summed E-state index contributed by atoms with van der Waals surface area (Å²) in [5.41, 5.74) is 1.41. The molecule has 2 aromatic rings. The Morgan fingerprint density at radius 2 is 2.11 bits per heavy atom. The van der Waals surface area contributed by atoms with Gasteiger partial charge in [0.05, 0.1) is 11.8 Å². The molecule has 2 heterocycles. The minimum absolute atomic E-state index is 0.196. The van der Waals surface area contributed by atoms with Gasteiger partial charge in [0, 0.05) is 6.54 Å². The van der Waals surface area contributed by atoms with Crippen molar-refractivity contribution >= 4 is 21.8 Å². The SMILES string of the molecule is O=C(NCc1ccc2c(c1)OCO2)c1ccoc1Br. The normalized spacial score (nSPS) is 12.5. The van der Waals surface area contributed by atoms with Crippen LogP contribution in [0.3, 0.4) is 0 Å². The summed E-state index contributed by atoms with van der Waals surface area (Å²) in [4.78, 5) is 11.9. The number of hydrogen-bond acceptors (Lipinski definition) is 4. The van der Waals surface area contributed by atoms with E-state index in [9.17, 15) is 4.79 Å². The van der Waals surface area contributed by atoms with Gasteiger partial charge in [-0.05, 0) is 39.7 Å². The molecule has 1 aromatic carbocycles. The molecule has 0 unspecified atom stereocenters. The molecule has 0 atom stereocenters. The maximum Gasteiger partial charge on any atom is 0.256 e. The fourth-order valence-electron chi connectivity index (χ4n) is 1.78. The first kappa shape index (κ1) is 12.1. The molecule has 1 N–H and O–H groups in total. The van der Waals surface area contributed by atoms with Crippen LogP contribution in [0.4, 0.5) is 0 Å². The van der Waals surface area contributed by atoms with Crippen LogP contribution < -0.4 is 14.8 Å². The molecule has 0 bridgehead atoms. The standard InChI is InChI=1S/C13H10BrNO4/c14-12-9(3-4-17-12)13(16)15-6-8-1-2-10-11(5-8)19-7-18-10/h1-5H,6-7H2,(H,15,16). The summed E-state index contributed by atoms with van der Waals surface area (Å²) in [5.74, 6) is 1.24. The van der Waals surface area contributed by atoms with E-state index in [2.05, 4.69) is 21.2 Å². The molecule has 1 aliphatic rings. The summed E-state index contributed by atoms with van der Waals surface area (Å²) in [6.07, 6.45) is 1.46. The first-order valence-corrected chi connectivity index (χ1v) is 6.43. The van der Waals surface area contributed by atoms with E-state index in [1.165, 1.54) is 6.26 Å². The van der Waals surface area contributed by atoms with Crippen molar-refractivity contribution in [3.05, 3.63) is 46.3 Å². The van der Waals surface area contributed by atoms with Gasteiger partial charge >= 0.3 is 0 Å². The number of carbonyl (C=O) groups is 1. The van der Waals surface area contributed by atoms with Gasteiger partial charge in [0.15, 0.2) is 16.2 Å². The van der Waals surface area contributed by atoms with Crippen LogP contribution in [-0.4, -0.2) is 12.7 Å². The van der Waals surface area contributed by atoms with E-state index in [1.807, 2.05) is 18.2 Å². The predicted molar refractivity (Wildman–Crippen MR) is 70.1 cm³/mol. The van der Waals surface area contributed by atoms with Crippen molar-refractivity contribution in [3.8, 4) is 11.5 Å². The van der Waals surface area contributed by atoms with Crippen LogP contribution in [-0.2, 0) is 6.54 Å². The lowest BCUT2D eigenvalue weighted by Crippen LogP contribution is -2.22. The highest BCUT2D eigenvalue weighted by Gasteiger charge is 2.15. The smallest absolute Gasteiger partial charge is 0.256 e. The Labute approximate surface area is 117 Å². The van der Waals surface area contributed by atoms with Crippen LogP contribution in [0.2, 0.25) is 0 Å². The Balaban J connectivity index is 1.66. The van der Waals surface area contributed by atoms with Gasteiger partial charge in [0.1, 0.15) is 0 Å². The Morgan fingerprint density at radius 3 is 2.89 bits per heavy atom. The van der Waals surface area contributed by atoms with Gasteiger partial charge in [-0.25, -0.2) is 0 Å². The highest BCUT2D eigenvalue weighted by molar-refractivity contribution is 9.10. The van der Waals surface area contributed by atoms with E-state index in [1.54, 1.807) is 6.07 Å². The van der Waals surface area contributed by atoms with E-state index in [0.29, 0.717) is 22.5 Å². The molecular weight excluding hydrogens is 314 g/mol. The average molecular weight is 324 g/mol. The van der Waals surface area contributed by atoms with Gasteiger partial charge < -0.3 is 19.2 Å². The number of fused-ring (bicyclic) bond motifs is 1. The third-order valence-corrected chi connectivity index (χ3v) is 3.37. The summed E-state index contributed by atoms with van der Waals surface area (Å²) < 4.78 is 15.9. The van der Waals surface area contributed by atoms with Gasteiger partial charge in [-0.3, -0.25) is 4.79 Å². The molecule has 19 heavy (non-hydrogen) atoms. The van der Waals surface area contributed by atoms with Crippen LogP contribution in [0.5, 0.6) is 11.5 Å². The van der Waals surface area contributed by atoms with Crippen LogP contribution in [0.1, 0.15) is 15.9 Å². The highest BCUT2D eigenvalue weighted by atomic mass is 79.9. The topological polar surface area (TPSA) is 60.7 Å². The number of ether oxygens (including phenoxy) is 2. The molecule has 0 aliphatic carbocycles. The first-order valence-electron chi connectivity index (χ1n) is 5.64. The zero-order valence-electron chi connectivity index (χ0n) is 9.81. The number of rotatable bonds is 3. The van der Waals surface area contributed by atoms with E-state index in [4.69, 9.17) is 13.9 Å². The van der Waals surface area contributed by atoms with Crippen molar-refractivity contribution in [3.63, 3.8) is 0 Å². The molecule has 0 spiro atoms. The Hall–Kier alpha value is -1.95. The minimum Gasteiger partial charge on any atom is -0.457 e. The monoisotopic (exact) mass is 323 g/mol. The second-order valence-electron chi connectivity index (χ2n) is 3.98. The lowest BCUT2D eigenvalue weighted by molar-refractivity contribution is 0.0949. The van der Waals surface area contributed by atoms with Crippen molar-refractivity contribution < 1.29 is 18.7 Å². The van der Waals surface area contributed by atoms with Crippen molar-refractivity contribution in [2.24, 2.45) is 0 Å². The quantitative estimate of drug-likeness (QED) is 0.943. The number of amides is 1. The summed E-state index contributed by atoms with van der Waals surface area (Å²) in [7, 11) is 0. The molecule has 0 saturated carbocycles. The van der Waals surface area contributed by atoms with Gasteiger partial charge in [0.2, 0.25) is 6.79 Å². The average Bonchev–Trinajstić information content (AvgIpc) is 3.03. The van der Waals surface area contributed by atoms with Crippen LogP contribution >= 0.6 is 15.9 Å². The largest absolute Gasteiger partial charge is 0.457 e. The van der Waals surface area contributed by atoms with E-state index in [-0.39, 0.29) is 12.7 Å². The fourth-order valence-corrected chi connectivity index (χ4v) is 2.20. The van der Waals surface area contributed by atoms with E-state index < -0.39 is 0 Å². The molecule has 5 nitrogen and oxygen atoms in total. The van der Waals surface area contributed by atoms with Crippen LogP contribution in [0.15, 0.2) is 39.6 Å². The molecule has 98 valence electrons. The molecule has 6 heteroatoms. The molecule has 0 fully saturated rings. The van der Waals surface area contributed by atoms with Gasteiger partial charge in [-0.1, -0.05) is 6.07 Å². The molecule has 1 aromatic heterocycles. The van der Waals surface area contributed by atoms with Crippen molar-refractivity contribution in [1.82, 2.24) is 5.32 Å². The van der Waals surface area contributed by atoms with E-state index in [0.717, 1.165) is 11.3 Å². The molecular formula is C13H10BrNO4. The second kappa shape index (κ2) is 4.97. The van der Waals surface area contributed by atoms with Crippen molar-refractivity contribution in [1.29, 1.82) is 0 Å². The van der Waals surface area contributed by atoms with Crippen molar-refractivity contribution in [2.45, 2.75) is 6.54 Å². The third kappa shape index (κ3) is 2.44. The number of furan rings is 1. The van der Waals surface area contributed by atoms with Gasteiger partial charge in [-0.15, -0.1) is 0 Å². The van der Waals surface area contributed by atoms with Gasteiger partial charge in [-0.2, -0.15) is 0 Å². The fraction of sp³-hybridized carbons (Fsp3) is 0.154. The Bertz CT molecular complexity index is 623. The zero-order valence-corrected chi connectivity index (χ0v) is 11.4. The number of hydrogen-bond donors (Lipinski definition) is 1. The lowest BCUT2D eigenvalue weighted by Gasteiger charge is -2.05. The number of benzene rings is 1. The molecule has 1 amide bonds. The molecule has 3 rings (SSSR count). The van der Waals surface area contributed by atoms with E-state index >= 15 is 0 Å². The first-order chi connectivity index (χ1) is 9.24. The Morgan fingerprint density at radius 1 is 1.26 bits per heavy atom.